The molecule has 0 radical (unpaired) electrons. The van der Waals surface area contributed by atoms with Gasteiger partial charge in [0, 0.05) is 18.8 Å². The quantitative estimate of drug-likeness (QED) is 0.707. The Bertz CT molecular complexity index is 801. The zero-order chi connectivity index (χ0) is 17.3. The molecular weight excluding hydrogens is 342 g/mol. The average Bonchev–Trinajstić information content (AvgIpc) is 3.21. The molecule has 1 aromatic rings. The lowest BCUT2D eigenvalue weighted by atomic mass is 10.3. The van der Waals surface area contributed by atoms with Crippen LogP contribution >= 0.6 is 0 Å². The second-order valence-corrected chi connectivity index (χ2v) is 9.29. The van der Waals surface area contributed by atoms with E-state index in [4.69, 9.17) is 0 Å². The molecule has 0 spiro atoms. The second kappa shape index (κ2) is 6.56. The predicted molar refractivity (Wildman–Crippen MR) is 85.9 cm³/mol. The molecule has 128 valence electrons. The van der Waals surface area contributed by atoms with Crippen molar-refractivity contribution >= 4 is 31.6 Å². The van der Waals surface area contributed by atoms with Crippen molar-refractivity contribution in [3.8, 4) is 0 Å². The number of likely N-dealkylation sites (N-methyl/N-ethyl adjacent to an activating group) is 1. The first-order valence-corrected chi connectivity index (χ1v) is 10.2. The minimum Gasteiger partial charge on any atom is -0.325 e. The number of carbonyl (C=O) groups is 1. The van der Waals surface area contributed by atoms with Crippen LogP contribution in [0.15, 0.2) is 29.2 Å². The number of hydrogen-bond acceptors (Lipinski definition) is 5. The molecule has 0 aromatic heterocycles. The topological polar surface area (TPSA) is 113 Å². The molecule has 23 heavy (non-hydrogen) atoms. The lowest BCUT2D eigenvalue weighted by Gasteiger charge is -2.14. The SMILES string of the molecule is CN(CC(=O)Nc1cccc(S(=O)(=O)NC2CC2)c1)S(C)(=O)=O. The highest BCUT2D eigenvalue weighted by Crippen LogP contribution is 2.23. The van der Waals surface area contributed by atoms with Crippen LogP contribution in [0.25, 0.3) is 0 Å². The Balaban J connectivity index is 2.06. The fraction of sp³-hybridized carbons (Fsp3) is 0.462. The molecule has 1 saturated carbocycles. The van der Waals surface area contributed by atoms with Gasteiger partial charge in [-0.2, -0.15) is 4.31 Å². The van der Waals surface area contributed by atoms with Crippen molar-refractivity contribution in [1.29, 1.82) is 0 Å². The van der Waals surface area contributed by atoms with Crippen LogP contribution < -0.4 is 10.0 Å². The summed E-state index contributed by atoms with van der Waals surface area (Å²) in [6.07, 6.45) is 2.65. The summed E-state index contributed by atoms with van der Waals surface area (Å²) in [6.45, 7) is -0.351. The molecule has 0 unspecified atom stereocenters. The van der Waals surface area contributed by atoms with Crippen LogP contribution in [0, 0.1) is 0 Å². The van der Waals surface area contributed by atoms with Crippen LogP contribution in [-0.4, -0.2) is 52.9 Å². The van der Waals surface area contributed by atoms with E-state index in [1.54, 1.807) is 0 Å². The summed E-state index contributed by atoms with van der Waals surface area (Å²) in [5, 5.41) is 2.49. The van der Waals surface area contributed by atoms with Crippen molar-refractivity contribution in [2.45, 2.75) is 23.8 Å². The molecule has 1 aliphatic rings. The maximum atomic E-state index is 12.1. The fourth-order valence-electron chi connectivity index (χ4n) is 1.75. The first kappa shape index (κ1) is 17.9. The van der Waals surface area contributed by atoms with Gasteiger partial charge in [0.2, 0.25) is 26.0 Å². The molecule has 8 nitrogen and oxygen atoms in total. The molecule has 1 aromatic carbocycles. The third kappa shape index (κ3) is 5.27. The molecule has 2 rings (SSSR count). The van der Waals surface area contributed by atoms with Crippen LogP contribution in [0.2, 0.25) is 0 Å². The molecule has 2 N–H and O–H groups in total. The third-order valence-electron chi connectivity index (χ3n) is 3.26. The lowest BCUT2D eigenvalue weighted by Crippen LogP contribution is -2.34. The van der Waals surface area contributed by atoms with Crippen LogP contribution in [0.1, 0.15) is 12.8 Å². The van der Waals surface area contributed by atoms with Crippen molar-refractivity contribution in [2.75, 3.05) is 25.2 Å². The van der Waals surface area contributed by atoms with E-state index in [9.17, 15) is 21.6 Å². The molecule has 0 saturated heterocycles. The number of amides is 1. The van der Waals surface area contributed by atoms with E-state index < -0.39 is 26.0 Å². The molecule has 0 bridgehead atoms. The van der Waals surface area contributed by atoms with Gasteiger partial charge < -0.3 is 5.32 Å². The Morgan fingerprint density at radius 2 is 1.91 bits per heavy atom. The Labute approximate surface area is 136 Å². The minimum atomic E-state index is -3.61. The molecule has 1 aliphatic carbocycles. The summed E-state index contributed by atoms with van der Waals surface area (Å²) < 4.78 is 50.2. The van der Waals surface area contributed by atoms with Gasteiger partial charge in [-0.3, -0.25) is 4.79 Å². The van der Waals surface area contributed by atoms with E-state index in [-0.39, 0.29) is 23.2 Å². The van der Waals surface area contributed by atoms with Crippen molar-refractivity contribution in [1.82, 2.24) is 9.03 Å². The van der Waals surface area contributed by atoms with Crippen LogP contribution in [-0.2, 0) is 24.8 Å². The fourth-order valence-corrected chi connectivity index (χ4v) is 3.45. The molecular formula is C13H19N3O5S2. The van der Waals surface area contributed by atoms with Crippen molar-refractivity contribution < 1.29 is 21.6 Å². The zero-order valence-electron chi connectivity index (χ0n) is 12.8. The maximum absolute atomic E-state index is 12.1. The number of sulfonamides is 2. The lowest BCUT2D eigenvalue weighted by molar-refractivity contribution is -0.116. The van der Waals surface area contributed by atoms with Crippen molar-refractivity contribution in [2.24, 2.45) is 0 Å². The summed E-state index contributed by atoms with van der Waals surface area (Å²) in [5.41, 5.74) is 0.288. The van der Waals surface area contributed by atoms with Crippen molar-refractivity contribution in [3.05, 3.63) is 24.3 Å². The number of carbonyl (C=O) groups excluding carboxylic acids is 1. The Morgan fingerprint density at radius 3 is 2.48 bits per heavy atom. The van der Waals surface area contributed by atoms with E-state index in [1.807, 2.05) is 0 Å². The van der Waals surface area contributed by atoms with E-state index in [1.165, 1.54) is 31.3 Å². The third-order valence-corrected chi connectivity index (χ3v) is 6.04. The predicted octanol–water partition coefficient (Wildman–Crippen LogP) is -0.0428. The summed E-state index contributed by atoms with van der Waals surface area (Å²) in [4.78, 5) is 11.9. The van der Waals surface area contributed by atoms with Gasteiger partial charge in [-0.1, -0.05) is 6.07 Å². The van der Waals surface area contributed by atoms with Gasteiger partial charge >= 0.3 is 0 Å². The zero-order valence-corrected chi connectivity index (χ0v) is 14.4. The number of anilines is 1. The number of nitrogens with zero attached hydrogens (tertiary/aromatic N) is 1. The number of benzene rings is 1. The highest BCUT2D eigenvalue weighted by Gasteiger charge is 2.28. The Hall–Kier alpha value is -1.49. The normalized spacial score (nSPS) is 15.6. The van der Waals surface area contributed by atoms with Crippen LogP contribution in [0.5, 0.6) is 0 Å². The highest BCUT2D eigenvalue weighted by atomic mass is 32.2. The van der Waals surface area contributed by atoms with E-state index in [2.05, 4.69) is 10.0 Å². The van der Waals surface area contributed by atoms with Crippen LogP contribution in [0.3, 0.4) is 0 Å². The molecule has 0 heterocycles. The van der Waals surface area contributed by atoms with Gasteiger partial charge in [0.05, 0.1) is 17.7 Å². The first-order valence-electron chi connectivity index (χ1n) is 6.91. The van der Waals surface area contributed by atoms with Gasteiger partial charge in [-0.05, 0) is 31.0 Å². The maximum Gasteiger partial charge on any atom is 0.240 e. The van der Waals surface area contributed by atoms with Gasteiger partial charge in [-0.15, -0.1) is 0 Å². The van der Waals surface area contributed by atoms with E-state index in [0.29, 0.717) is 0 Å². The average molecular weight is 361 g/mol. The largest absolute Gasteiger partial charge is 0.325 e. The van der Waals surface area contributed by atoms with Gasteiger partial charge in [0.1, 0.15) is 0 Å². The van der Waals surface area contributed by atoms with Crippen LogP contribution in [0.4, 0.5) is 5.69 Å². The van der Waals surface area contributed by atoms with E-state index in [0.717, 1.165) is 23.4 Å². The van der Waals surface area contributed by atoms with Crippen molar-refractivity contribution in [3.63, 3.8) is 0 Å². The van der Waals surface area contributed by atoms with Gasteiger partial charge in [0.15, 0.2) is 0 Å². The Kier molecular flexibility index (Phi) is 5.09. The number of rotatable bonds is 7. The summed E-state index contributed by atoms with van der Waals surface area (Å²) in [6, 6.07) is 5.81. The molecule has 0 aliphatic heterocycles. The second-order valence-electron chi connectivity index (χ2n) is 5.49. The smallest absolute Gasteiger partial charge is 0.240 e. The summed E-state index contributed by atoms with van der Waals surface area (Å²) >= 11 is 0. The molecule has 10 heteroatoms. The molecule has 0 atom stereocenters. The standard InChI is InChI=1S/C13H19N3O5S2/c1-16(22(2,18)19)9-13(17)14-11-4-3-5-12(8-11)23(20,21)15-10-6-7-10/h3-5,8,10,15H,6-7,9H2,1-2H3,(H,14,17). The highest BCUT2D eigenvalue weighted by molar-refractivity contribution is 7.89. The monoisotopic (exact) mass is 361 g/mol. The van der Waals surface area contributed by atoms with Gasteiger partial charge in [0.25, 0.3) is 0 Å². The first-order chi connectivity index (χ1) is 10.6. The van der Waals surface area contributed by atoms with E-state index >= 15 is 0 Å². The number of hydrogen-bond donors (Lipinski definition) is 2. The van der Waals surface area contributed by atoms with Gasteiger partial charge in [-0.25, -0.2) is 21.6 Å². The minimum absolute atomic E-state index is 0.0124. The Morgan fingerprint density at radius 1 is 1.26 bits per heavy atom. The molecule has 1 fully saturated rings. The number of nitrogens with one attached hydrogen (secondary N) is 2. The molecule has 1 amide bonds. The summed E-state index contributed by atoms with van der Waals surface area (Å²) in [7, 11) is -5.78. The summed E-state index contributed by atoms with van der Waals surface area (Å²) in [5.74, 6) is -0.553.